The number of hydrogen-bond donors (Lipinski definition) is 5. The monoisotopic (exact) mass is 1480 g/mol. The van der Waals surface area contributed by atoms with Gasteiger partial charge in [0.25, 0.3) is 5.79 Å². The minimum absolute atomic E-state index is 0. The standard InChI is InChI=1S/C21H23F4NO2.C21H21F4NO2.C15H13F3O2.C8H16FNO2.K.3O2S/c2*1-13-4-6-14(7-5-13)15-8-10-16(11-9-15)18(21(23,24)25)26-17(19(27)28)12-20(2,3)22;1-10-2-4-11(5-3-10)12-6-8-13(9-7-12)14(19,20)15(16,17)18;1-4-12-7(11)6(10)5-8(2,3)9;;3*1-3-2/h4-11,17-18,26H,12H2,1-3H3,(H,27,28);4-11,17H,12H2,1-3H3,(H,27,28);2-9,19-20H,1H3;6H,4-5,10H2,1-3H3;;;;/q;;;;+1;;;/p-1/t17-,18-;17-;;6-;;;;/m00.0..../s1. The molecule has 0 aliphatic carbocycles. The van der Waals surface area contributed by atoms with Crippen LogP contribution in [0.1, 0.15) is 107 Å². The summed E-state index contributed by atoms with van der Waals surface area (Å²) in [6.45, 7) is 14.9. The SMILES string of the molecule is CCOC(=O)[C@@H](N)CC(C)(C)F.Cc1ccc(-c2ccc(C(=N[C@@H](CC(C)(C)F)C(=O)[O-])C(F)(F)F)cc2)cc1.Cc1ccc(-c2ccc(C(O)(O)C(F)(F)F)cc2)cc1.Cc1ccc(-c2ccc([C@H](N[C@@H](CC(C)(C)F)C(=O)O)C(F)(F)F)cc2)cc1.O=S=O.O=S=O.O=S=O.[K+]. The number of carboxylic acid groups (broad SMARTS) is 2. The third-order valence-electron chi connectivity index (χ3n) is 12.7. The molecule has 0 aliphatic rings. The van der Waals surface area contributed by atoms with Crippen LogP contribution in [0.3, 0.4) is 0 Å². The quantitative estimate of drug-likeness (QED) is 0.0166. The van der Waals surface area contributed by atoms with E-state index in [4.69, 9.17) is 41.2 Å². The summed E-state index contributed by atoms with van der Waals surface area (Å²) < 4.78 is 214. The molecule has 6 aromatic rings. The van der Waals surface area contributed by atoms with E-state index in [1.165, 1.54) is 62.4 Å². The maximum absolute atomic E-state index is 13.8. The van der Waals surface area contributed by atoms with Crippen LogP contribution in [0.25, 0.3) is 33.4 Å². The Bertz CT molecular complexity index is 3510. The number of aryl methyl sites for hydroxylation is 3. The van der Waals surface area contributed by atoms with Crippen molar-refractivity contribution in [3.8, 4) is 33.4 Å². The molecule has 4 atom stereocenters. The van der Waals surface area contributed by atoms with E-state index in [1.807, 2.05) is 93.6 Å². The van der Waals surface area contributed by atoms with Crippen LogP contribution >= 0.6 is 0 Å². The maximum Gasteiger partial charge on any atom is 1.00 e. The minimum atomic E-state index is -5.14. The summed E-state index contributed by atoms with van der Waals surface area (Å²) >= 11 is -2.25. The molecule has 0 amide bonds. The van der Waals surface area contributed by atoms with E-state index in [9.17, 15) is 77.3 Å². The molecule has 98 heavy (non-hydrogen) atoms. The first kappa shape index (κ1) is 93.6. The van der Waals surface area contributed by atoms with Gasteiger partial charge in [0.05, 0.1) is 18.6 Å². The predicted molar refractivity (Wildman–Crippen MR) is 338 cm³/mol. The average molecular weight is 1480 g/mol. The van der Waals surface area contributed by atoms with Crippen molar-refractivity contribution >= 4 is 58.3 Å². The van der Waals surface area contributed by atoms with Gasteiger partial charge in [0, 0.05) is 30.4 Å². The first-order valence-electron chi connectivity index (χ1n) is 28.3. The summed E-state index contributed by atoms with van der Waals surface area (Å²) in [5.41, 5.74) is 5.46. The van der Waals surface area contributed by atoms with Crippen molar-refractivity contribution < 1.29 is 169 Å². The molecular weight excluding hydrogens is 1410 g/mol. The van der Waals surface area contributed by atoms with Crippen molar-refractivity contribution in [2.24, 2.45) is 10.7 Å². The van der Waals surface area contributed by atoms with Gasteiger partial charge in [-0.1, -0.05) is 162 Å². The molecule has 6 aromatic carbocycles. The zero-order valence-electron chi connectivity index (χ0n) is 54.6. The topological polar surface area (TPSA) is 297 Å². The normalized spacial score (nSPS) is 12.8. The molecule has 0 heterocycles. The Balaban J connectivity index is 0. The van der Waals surface area contributed by atoms with Gasteiger partial charge in [-0.25, -0.2) is 13.2 Å². The molecular formula is C65H72F12KN3O14S3. The number of esters is 1. The Hall–Kier alpha value is -6.50. The summed E-state index contributed by atoms with van der Waals surface area (Å²) in [5, 5.41) is 40.8. The molecule has 0 saturated heterocycles. The zero-order chi connectivity index (χ0) is 75.1. The van der Waals surface area contributed by atoms with E-state index in [1.54, 1.807) is 19.1 Å². The van der Waals surface area contributed by atoms with Crippen LogP contribution in [-0.2, 0) is 59.6 Å². The van der Waals surface area contributed by atoms with Gasteiger partial charge in [-0.05, 0) is 108 Å². The van der Waals surface area contributed by atoms with E-state index >= 15 is 0 Å². The van der Waals surface area contributed by atoms with E-state index < -0.39 is 142 Å². The van der Waals surface area contributed by atoms with E-state index in [0.717, 1.165) is 78.8 Å². The average Bonchev–Trinajstić information content (AvgIpc) is 0.806. The van der Waals surface area contributed by atoms with Crippen molar-refractivity contribution in [2.75, 3.05) is 6.61 Å². The van der Waals surface area contributed by atoms with E-state index in [-0.39, 0.29) is 75.5 Å². The molecule has 6 rings (SSSR count). The number of nitrogens with two attached hydrogens (primary N) is 1. The van der Waals surface area contributed by atoms with Gasteiger partial charge in [0.15, 0.2) is 0 Å². The number of aliphatic carboxylic acids is 2. The Labute approximate surface area is 611 Å². The fraction of sp³-hybridized carbons (Fsp3) is 0.385. The van der Waals surface area contributed by atoms with Gasteiger partial charge < -0.3 is 35.7 Å². The molecule has 0 aromatic heterocycles. The predicted octanol–water partition coefficient (Wildman–Crippen LogP) is 9.09. The first-order valence-corrected chi connectivity index (χ1v) is 30.3. The van der Waals surface area contributed by atoms with Crippen molar-refractivity contribution in [3.63, 3.8) is 0 Å². The largest absolute Gasteiger partial charge is 1.00 e. The summed E-state index contributed by atoms with van der Waals surface area (Å²) in [6.07, 6.45) is -16.1. The van der Waals surface area contributed by atoms with Crippen molar-refractivity contribution in [1.29, 1.82) is 0 Å². The van der Waals surface area contributed by atoms with Gasteiger partial charge in [-0.2, -0.15) is 64.8 Å². The Kier molecular flexibility index (Phi) is 41.3. The number of carboxylic acids is 2. The third kappa shape index (κ3) is 36.5. The molecule has 33 heteroatoms. The molecule has 0 radical (unpaired) electrons. The van der Waals surface area contributed by atoms with Crippen molar-refractivity contribution in [2.45, 2.75) is 154 Å². The number of rotatable bonds is 19. The molecule has 0 spiro atoms. The number of halogens is 12. The molecule has 17 nitrogen and oxygen atoms in total. The molecule has 6 N–H and O–H groups in total. The first-order chi connectivity index (χ1) is 44.6. The number of hydrogen-bond acceptors (Lipinski definition) is 16. The Morgan fingerprint density at radius 1 is 0.531 bits per heavy atom. The van der Waals surface area contributed by atoms with Crippen LogP contribution in [0.2, 0.25) is 0 Å². The van der Waals surface area contributed by atoms with E-state index in [2.05, 4.69) is 15.0 Å². The van der Waals surface area contributed by atoms with Crippen LogP contribution in [-0.4, -0.2) is 124 Å². The fourth-order valence-corrected chi connectivity index (χ4v) is 8.23. The second kappa shape index (κ2) is 43.2. The van der Waals surface area contributed by atoms with Gasteiger partial charge in [0.2, 0.25) is 0 Å². The van der Waals surface area contributed by atoms with Gasteiger partial charge in [-0.15, -0.1) is 0 Å². The van der Waals surface area contributed by atoms with Crippen LogP contribution < -0.4 is 67.5 Å². The van der Waals surface area contributed by atoms with Gasteiger partial charge >= 0.3 is 117 Å². The maximum atomic E-state index is 13.8. The molecule has 0 unspecified atom stereocenters. The van der Waals surface area contributed by atoms with Crippen LogP contribution in [0.15, 0.2) is 151 Å². The second-order valence-electron chi connectivity index (χ2n) is 22.7. The molecule has 534 valence electrons. The number of carbonyl (C=O) groups is 3. The molecule has 0 saturated carbocycles. The van der Waals surface area contributed by atoms with E-state index in [0.29, 0.717) is 11.1 Å². The smallest absolute Gasteiger partial charge is 0.548 e. The van der Waals surface area contributed by atoms with Gasteiger partial charge in [-0.3, -0.25) is 19.9 Å². The number of nitrogens with zero attached hydrogens (tertiary/aromatic N) is 1. The number of aliphatic imine (C=N–C) groups is 1. The van der Waals surface area contributed by atoms with Crippen LogP contribution in [0.5, 0.6) is 0 Å². The molecule has 0 fully saturated rings. The second-order valence-corrected chi connectivity index (χ2v) is 23.1. The van der Waals surface area contributed by atoms with Gasteiger partial charge in [0.1, 0.15) is 40.8 Å². The Morgan fingerprint density at radius 3 is 1.10 bits per heavy atom. The number of aliphatic hydroxyl groups is 2. The fourth-order valence-electron chi connectivity index (χ4n) is 8.23. The number of alkyl halides is 12. The summed E-state index contributed by atoms with van der Waals surface area (Å²) in [7, 11) is 0. The number of benzene rings is 6. The molecule has 0 bridgehead atoms. The number of carbonyl (C=O) groups excluding carboxylic acids is 2. The third-order valence-corrected chi connectivity index (χ3v) is 12.7. The van der Waals surface area contributed by atoms with Crippen LogP contribution in [0.4, 0.5) is 52.7 Å². The molecule has 0 aliphatic heterocycles. The zero-order valence-corrected chi connectivity index (χ0v) is 60.2. The van der Waals surface area contributed by atoms with Crippen molar-refractivity contribution in [1.82, 2.24) is 5.32 Å². The summed E-state index contributed by atoms with van der Waals surface area (Å²) in [4.78, 5) is 36.7. The summed E-state index contributed by atoms with van der Waals surface area (Å²) in [6, 6.07) is 31.9. The van der Waals surface area contributed by atoms with Crippen LogP contribution in [0, 0.1) is 20.8 Å². The number of ether oxygens (including phenoxy) is 1. The summed E-state index contributed by atoms with van der Waals surface area (Å²) in [5.74, 6) is -7.76. The number of nitrogens with one attached hydrogen (secondary N) is 1. The minimum Gasteiger partial charge on any atom is -0.548 e. The van der Waals surface area contributed by atoms with Crippen molar-refractivity contribution in [3.05, 3.63) is 179 Å². The Morgan fingerprint density at radius 2 is 0.837 bits per heavy atom.